The standard InChI is InChI=1S/C42H48N8O7/c1-5-6-7-27-11-15-33(50(27)37(52)21-45-42(54)56-4)39-43-19-32(47-39)25-9-12-28-26(16-25)22-57-35-18-29-24(17-30(28)35)10-13-31-38(29)48-40(46-31)34-14-8-23(2)49(34)36(51)20-44-41(53)55-3/h9-10,12-13,16-19,23,27,33-34H,5-8,11,14-15,20-22H2,1-4H3,(H,43,47)(H,44,53)(H,45,54)(H,46,48)/t23-,27-,33-,34-/m0/s1. The minimum absolute atomic E-state index is 0.00259. The quantitative estimate of drug-likeness (QED) is 0.121. The molecule has 8 rings (SSSR count). The lowest BCUT2D eigenvalue weighted by atomic mass is 9.92. The molecule has 2 fully saturated rings. The Labute approximate surface area is 329 Å². The van der Waals surface area contributed by atoms with Crippen molar-refractivity contribution in [2.75, 3.05) is 27.3 Å². The summed E-state index contributed by atoms with van der Waals surface area (Å²) in [5.74, 6) is 1.88. The van der Waals surface area contributed by atoms with Gasteiger partial charge in [-0.15, -0.1) is 0 Å². The summed E-state index contributed by atoms with van der Waals surface area (Å²) in [6.45, 7) is 4.26. The Morgan fingerprint density at radius 2 is 1.60 bits per heavy atom. The monoisotopic (exact) mass is 776 g/mol. The third-order valence-corrected chi connectivity index (χ3v) is 11.7. The number of ether oxygens (including phenoxy) is 3. The highest BCUT2D eigenvalue weighted by Crippen LogP contribution is 2.44. The largest absolute Gasteiger partial charge is 0.488 e. The number of H-pyrrole nitrogens is 2. The fraction of sp³-hybridized carbons (Fsp3) is 0.429. The summed E-state index contributed by atoms with van der Waals surface area (Å²) in [7, 11) is 2.55. The minimum atomic E-state index is -0.645. The summed E-state index contributed by atoms with van der Waals surface area (Å²) in [6.07, 6.45) is 6.74. The summed E-state index contributed by atoms with van der Waals surface area (Å²) in [5.41, 5.74) is 6.62. The Kier molecular flexibility index (Phi) is 10.5. The number of hydrogen-bond donors (Lipinski definition) is 4. The third kappa shape index (κ3) is 7.22. The highest BCUT2D eigenvalue weighted by atomic mass is 16.5. The molecular weight excluding hydrogens is 729 g/mol. The van der Waals surface area contributed by atoms with E-state index in [4.69, 9.17) is 14.7 Å². The molecule has 0 aliphatic carbocycles. The van der Waals surface area contributed by atoms with Crippen molar-refractivity contribution in [3.8, 4) is 28.1 Å². The number of aromatic amines is 2. The highest BCUT2D eigenvalue weighted by molar-refractivity contribution is 6.07. The number of amides is 4. The smallest absolute Gasteiger partial charge is 0.407 e. The molecule has 4 N–H and O–H groups in total. The number of fused-ring (bicyclic) bond motifs is 6. The van der Waals surface area contributed by atoms with Gasteiger partial charge in [0, 0.05) is 23.0 Å². The van der Waals surface area contributed by atoms with E-state index >= 15 is 0 Å². The fourth-order valence-corrected chi connectivity index (χ4v) is 8.83. The summed E-state index contributed by atoms with van der Waals surface area (Å²) in [4.78, 5) is 70.5. The van der Waals surface area contributed by atoms with Crippen LogP contribution in [0.1, 0.15) is 88.1 Å². The Bertz CT molecular complexity index is 2350. The lowest BCUT2D eigenvalue weighted by molar-refractivity contribution is -0.134. The van der Waals surface area contributed by atoms with Crippen LogP contribution < -0.4 is 15.4 Å². The predicted octanol–water partition coefficient (Wildman–Crippen LogP) is 6.65. The van der Waals surface area contributed by atoms with E-state index in [0.29, 0.717) is 12.4 Å². The van der Waals surface area contributed by atoms with Crippen LogP contribution in [-0.2, 0) is 25.7 Å². The number of likely N-dealkylation sites (tertiary alicyclic amines) is 2. The Morgan fingerprint density at radius 3 is 2.35 bits per heavy atom. The molecule has 2 aromatic heterocycles. The van der Waals surface area contributed by atoms with Crippen molar-refractivity contribution in [1.29, 1.82) is 0 Å². The first-order chi connectivity index (χ1) is 27.7. The molecule has 3 aliphatic rings. The second kappa shape index (κ2) is 15.8. The van der Waals surface area contributed by atoms with Gasteiger partial charge in [0.15, 0.2) is 0 Å². The van der Waals surface area contributed by atoms with E-state index in [1.165, 1.54) is 14.2 Å². The van der Waals surface area contributed by atoms with Crippen LogP contribution in [0, 0.1) is 0 Å². The molecule has 5 aromatic rings. The Morgan fingerprint density at radius 1 is 0.860 bits per heavy atom. The molecule has 4 atom stereocenters. The molecule has 0 radical (unpaired) electrons. The van der Waals surface area contributed by atoms with Crippen molar-refractivity contribution in [2.24, 2.45) is 0 Å². The van der Waals surface area contributed by atoms with Gasteiger partial charge in [0.25, 0.3) is 0 Å². The molecule has 3 aliphatic heterocycles. The second-order valence-electron chi connectivity index (χ2n) is 15.1. The number of alkyl carbamates (subject to hydrolysis) is 2. The van der Waals surface area contributed by atoms with Crippen LogP contribution >= 0.6 is 0 Å². The lowest BCUT2D eigenvalue weighted by Gasteiger charge is -2.29. The zero-order valence-electron chi connectivity index (χ0n) is 32.6. The zero-order valence-corrected chi connectivity index (χ0v) is 32.6. The number of carbonyl (C=O) groups excluding carboxylic acids is 4. The minimum Gasteiger partial charge on any atom is -0.488 e. The molecule has 5 heterocycles. The van der Waals surface area contributed by atoms with Gasteiger partial charge in [0.05, 0.1) is 49.2 Å². The molecule has 0 unspecified atom stereocenters. The van der Waals surface area contributed by atoms with E-state index in [9.17, 15) is 19.2 Å². The van der Waals surface area contributed by atoms with Crippen molar-refractivity contribution in [3.63, 3.8) is 0 Å². The number of unbranched alkanes of at least 4 members (excludes halogenated alkanes) is 1. The molecule has 298 valence electrons. The first kappa shape index (κ1) is 37.8. The van der Waals surface area contributed by atoms with E-state index in [1.54, 1.807) is 4.90 Å². The second-order valence-corrected chi connectivity index (χ2v) is 15.1. The van der Waals surface area contributed by atoms with Gasteiger partial charge < -0.3 is 44.6 Å². The number of methoxy groups -OCH3 is 2. The summed E-state index contributed by atoms with van der Waals surface area (Å²) < 4.78 is 15.7. The van der Waals surface area contributed by atoms with Gasteiger partial charge in [-0.3, -0.25) is 9.59 Å². The average Bonchev–Trinajstić information content (AvgIpc) is 4.05. The summed E-state index contributed by atoms with van der Waals surface area (Å²) in [5, 5.41) is 7.02. The van der Waals surface area contributed by atoms with Crippen molar-refractivity contribution < 1.29 is 33.4 Å². The molecule has 57 heavy (non-hydrogen) atoms. The van der Waals surface area contributed by atoms with E-state index < -0.39 is 12.2 Å². The van der Waals surface area contributed by atoms with Crippen LogP contribution in [0.5, 0.6) is 5.75 Å². The maximum absolute atomic E-state index is 13.4. The van der Waals surface area contributed by atoms with Gasteiger partial charge in [0.1, 0.15) is 37.1 Å². The number of imidazole rings is 2. The SMILES string of the molecule is CCCC[C@H]1CC[C@@H](c2ncc(-c3ccc4c(c3)COc3cc5c(ccc6[nH]c([C@@H]7CC[C@H](C)N7C(=O)CNC(=O)OC)nc65)cc3-4)[nH]2)N1C(=O)CNC(=O)OC. The molecule has 0 bridgehead atoms. The van der Waals surface area contributed by atoms with Crippen molar-refractivity contribution in [3.05, 3.63) is 65.9 Å². The van der Waals surface area contributed by atoms with Crippen molar-refractivity contribution in [2.45, 2.75) is 89.6 Å². The molecule has 15 nitrogen and oxygen atoms in total. The van der Waals surface area contributed by atoms with Crippen LogP contribution in [0.4, 0.5) is 9.59 Å². The van der Waals surface area contributed by atoms with Crippen molar-refractivity contribution in [1.82, 2.24) is 40.4 Å². The number of rotatable bonds is 10. The van der Waals surface area contributed by atoms with Crippen molar-refractivity contribution >= 4 is 45.8 Å². The molecule has 0 saturated carbocycles. The molecular formula is C42H48N8O7. The highest BCUT2D eigenvalue weighted by Gasteiger charge is 2.39. The van der Waals surface area contributed by atoms with Crippen LogP contribution in [0.3, 0.4) is 0 Å². The zero-order chi connectivity index (χ0) is 39.8. The van der Waals surface area contributed by atoms with Crippen LogP contribution in [-0.4, -0.2) is 93.1 Å². The number of hydrogen-bond acceptors (Lipinski definition) is 9. The van der Waals surface area contributed by atoms with Gasteiger partial charge in [0.2, 0.25) is 11.8 Å². The van der Waals surface area contributed by atoms with Gasteiger partial charge in [-0.25, -0.2) is 19.6 Å². The van der Waals surface area contributed by atoms with Gasteiger partial charge in [-0.1, -0.05) is 38.0 Å². The number of aromatic nitrogens is 4. The lowest BCUT2D eigenvalue weighted by Crippen LogP contribution is -2.44. The average molecular weight is 777 g/mol. The van der Waals surface area contributed by atoms with E-state index in [0.717, 1.165) is 106 Å². The molecule has 0 spiro atoms. The normalized spacial score (nSPS) is 19.9. The topological polar surface area (TPSA) is 184 Å². The Balaban J connectivity index is 1.03. The molecule has 2 saturated heterocycles. The molecule has 4 amide bonds. The van der Waals surface area contributed by atoms with E-state index in [-0.39, 0.29) is 49.1 Å². The summed E-state index contributed by atoms with van der Waals surface area (Å²) in [6, 6.07) is 14.2. The Hall–Kier alpha value is -6.12. The maximum Gasteiger partial charge on any atom is 0.407 e. The van der Waals surface area contributed by atoms with Gasteiger partial charge in [-0.05, 0) is 85.4 Å². The maximum atomic E-state index is 13.4. The first-order valence-corrected chi connectivity index (χ1v) is 19.7. The fourth-order valence-electron chi connectivity index (χ4n) is 8.83. The van der Waals surface area contributed by atoms with Gasteiger partial charge in [-0.2, -0.15) is 0 Å². The number of nitrogens with one attached hydrogen (secondary N) is 4. The van der Waals surface area contributed by atoms with E-state index in [1.807, 2.05) is 24.1 Å². The van der Waals surface area contributed by atoms with Gasteiger partial charge >= 0.3 is 12.2 Å². The summed E-state index contributed by atoms with van der Waals surface area (Å²) >= 11 is 0. The van der Waals surface area contributed by atoms with Crippen LogP contribution in [0.2, 0.25) is 0 Å². The molecule has 15 heteroatoms. The number of nitrogens with zero attached hydrogens (tertiary/aromatic N) is 4. The van der Waals surface area contributed by atoms with Crippen LogP contribution in [0.15, 0.2) is 48.7 Å². The number of carbonyl (C=O) groups is 4. The number of benzene rings is 3. The molecule has 3 aromatic carbocycles. The van der Waals surface area contributed by atoms with Crippen LogP contribution in [0.25, 0.3) is 44.2 Å². The first-order valence-electron chi connectivity index (χ1n) is 19.7. The van der Waals surface area contributed by atoms with E-state index in [2.05, 4.69) is 73.4 Å². The predicted molar refractivity (Wildman–Crippen MR) is 212 cm³/mol. The third-order valence-electron chi connectivity index (χ3n) is 11.7.